The first-order valence-corrected chi connectivity index (χ1v) is 13.9. The number of hydrogen-bond acceptors (Lipinski definition) is 9. The first-order chi connectivity index (χ1) is 18.2. The molecule has 1 heterocycles. The van der Waals surface area contributed by atoms with E-state index in [4.69, 9.17) is 19.5 Å². The van der Waals surface area contributed by atoms with Gasteiger partial charge in [-0.3, -0.25) is 10.1 Å². The predicted octanol–water partition coefficient (Wildman–Crippen LogP) is 5.13. The fourth-order valence-corrected chi connectivity index (χ4v) is 5.54. The van der Waals surface area contributed by atoms with Crippen molar-refractivity contribution in [2.75, 3.05) is 19.5 Å². The van der Waals surface area contributed by atoms with Gasteiger partial charge < -0.3 is 14.2 Å². The fourth-order valence-electron chi connectivity index (χ4n) is 3.60. The summed E-state index contributed by atoms with van der Waals surface area (Å²) in [6, 6.07) is 17.9. The van der Waals surface area contributed by atoms with Crippen molar-refractivity contribution in [2.24, 2.45) is 0 Å². The van der Waals surface area contributed by atoms with Gasteiger partial charge in [0.05, 0.1) is 46.2 Å². The van der Waals surface area contributed by atoms with Crippen LogP contribution in [-0.2, 0) is 14.6 Å². The standard InChI is InChI=1S/C27H25N3O6S2/c1-16(2)38(32,33)20-11-7-18(8-12-20)25(36-19-9-5-17(15-28)6-10-19)26(31)30-27-29-21-13-22(34-3)23(35-4)14-24(21)37-27/h5-14,16,25H,1-4H3,(H,29,30,31). The van der Waals surface area contributed by atoms with E-state index in [1.54, 1.807) is 62.4 Å². The molecule has 1 unspecified atom stereocenters. The molecule has 1 N–H and O–H groups in total. The number of nitrogens with zero attached hydrogens (tertiary/aromatic N) is 2. The van der Waals surface area contributed by atoms with Gasteiger partial charge in [-0.1, -0.05) is 23.5 Å². The molecule has 1 atom stereocenters. The van der Waals surface area contributed by atoms with Gasteiger partial charge in [0.25, 0.3) is 5.91 Å². The fraction of sp³-hybridized carbons (Fsp3) is 0.222. The van der Waals surface area contributed by atoms with Crippen molar-refractivity contribution in [2.45, 2.75) is 30.1 Å². The average molecular weight is 552 g/mol. The first kappa shape index (κ1) is 26.9. The summed E-state index contributed by atoms with van der Waals surface area (Å²) in [4.78, 5) is 18.1. The highest BCUT2D eigenvalue weighted by Gasteiger charge is 2.26. The molecule has 0 aliphatic rings. The summed E-state index contributed by atoms with van der Waals surface area (Å²) in [6.07, 6.45) is -1.13. The molecule has 3 aromatic carbocycles. The second-order valence-corrected chi connectivity index (χ2v) is 12.0. The lowest BCUT2D eigenvalue weighted by atomic mass is 10.1. The van der Waals surface area contributed by atoms with Gasteiger partial charge in [-0.15, -0.1) is 0 Å². The van der Waals surface area contributed by atoms with Crippen LogP contribution in [0.15, 0.2) is 65.6 Å². The minimum Gasteiger partial charge on any atom is -0.493 e. The summed E-state index contributed by atoms with van der Waals surface area (Å²) < 4.78 is 42.6. The number of fused-ring (bicyclic) bond motifs is 1. The van der Waals surface area contributed by atoms with E-state index < -0.39 is 27.1 Å². The third-order valence-corrected chi connectivity index (χ3v) is 8.84. The Balaban J connectivity index is 1.66. The number of rotatable bonds is 9. The number of hydrogen-bond donors (Lipinski definition) is 1. The predicted molar refractivity (Wildman–Crippen MR) is 145 cm³/mol. The van der Waals surface area contributed by atoms with Gasteiger partial charge in [0.2, 0.25) is 6.10 Å². The van der Waals surface area contributed by atoms with Crippen LogP contribution in [0.1, 0.15) is 31.1 Å². The van der Waals surface area contributed by atoms with Crippen molar-refractivity contribution in [1.29, 1.82) is 5.26 Å². The number of nitrogens with one attached hydrogen (secondary N) is 1. The molecule has 196 valence electrons. The van der Waals surface area contributed by atoms with Crippen LogP contribution in [0.5, 0.6) is 17.2 Å². The Bertz CT molecular complexity index is 1560. The molecule has 0 bridgehead atoms. The van der Waals surface area contributed by atoms with E-state index in [1.165, 1.54) is 37.7 Å². The molecule has 0 fully saturated rings. The summed E-state index contributed by atoms with van der Waals surface area (Å²) in [6.45, 7) is 3.22. The summed E-state index contributed by atoms with van der Waals surface area (Å²) >= 11 is 1.26. The molecular weight excluding hydrogens is 526 g/mol. The van der Waals surface area contributed by atoms with E-state index in [-0.39, 0.29) is 4.90 Å². The van der Waals surface area contributed by atoms with E-state index in [1.807, 2.05) is 6.07 Å². The van der Waals surface area contributed by atoms with Crippen LogP contribution >= 0.6 is 11.3 Å². The highest BCUT2D eigenvalue weighted by atomic mass is 32.2. The number of carbonyl (C=O) groups excluding carboxylic acids is 1. The molecule has 0 saturated carbocycles. The number of nitriles is 1. The van der Waals surface area contributed by atoms with Crippen LogP contribution in [0, 0.1) is 11.3 Å². The normalized spacial score (nSPS) is 12.1. The zero-order valence-electron chi connectivity index (χ0n) is 21.1. The number of thiazole rings is 1. The number of anilines is 1. The van der Waals surface area contributed by atoms with Crippen molar-refractivity contribution < 1.29 is 27.4 Å². The molecule has 1 aromatic heterocycles. The van der Waals surface area contributed by atoms with Gasteiger partial charge in [0.15, 0.2) is 26.5 Å². The lowest BCUT2D eigenvalue weighted by Crippen LogP contribution is -2.25. The van der Waals surface area contributed by atoms with E-state index in [0.717, 1.165) is 4.70 Å². The van der Waals surface area contributed by atoms with Gasteiger partial charge >= 0.3 is 0 Å². The second-order valence-electron chi connectivity index (χ2n) is 8.48. The van der Waals surface area contributed by atoms with Crippen molar-refractivity contribution in [1.82, 2.24) is 4.98 Å². The molecule has 0 spiro atoms. The number of methoxy groups -OCH3 is 2. The van der Waals surface area contributed by atoms with Gasteiger partial charge in [-0.05, 0) is 50.2 Å². The zero-order chi connectivity index (χ0) is 27.4. The zero-order valence-corrected chi connectivity index (χ0v) is 22.7. The lowest BCUT2D eigenvalue weighted by molar-refractivity contribution is -0.123. The third kappa shape index (κ3) is 5.56. The molecule has 11 heteroatoms. The Hall–Kier alpha value is -4.14. The maximum atomic E-state index is 13.5. The second kappa shape index (κ2) is 11.1. The van der Waals surface area contributed by atoms with Crippen LogP contribution in [0.3, 0.4) is 0 Å². The van der Waals surface area contributed by atoms with Crippen LogP contribution in [0.2, 0.25) is 0 Å². The molecule has 4 rings (SSSR count). The monoisotopic (exact) mass is 551 g/mol. The highest BCUT2D eigenvalue weighted by Crippen LogP contribution is 2.36. The van der Waals surface area contributed by atoms with Crippen molar-refractivity contribution in [3.63, 3.8) is 0 Å². The largest absolute Gasteiger partial charge is 0.493 e. The molecular formula is C27H25N3O6S2. The number of carbonyl (C=O) groups is 1. The van der Waals surface area contributed by atoms with E-state index in [0.29, 0.717) is 39.0 Å². The van der Waals surface area contributed by atoms with Gasteiger partial charge in [0, 0.05) is 17.7 Å². The van der Waals surface area contributed by atoms with Crippen LogP contribution in [0.25, 0.3) is 10.2 Å². The third-order valence-electron chi connectivity index (χ3n) is 5.73. The van der Waals surface area contributed by atoms with Crippen LogP contribution in [-0.4, -0.2) is 38.8 Å². The molecule has 9 nitrogen and oxygen atoms in total. The van der Waals surface area contributed by atoms with Gasteiger partial charge in [-0.2, -0.15) is 5.26 Å². The van der Waals surface area contributed by atoms with Crippen molar-refractivity contribution >= 4 is 42.4 Å². The van der Waals surface area contributed by atoms with Crippen molar-refractivity contribution in [3.8, 4) is 23.3 Å². The molecule has 0 saturated heterocycles. The smallest absolute Gasteiger partial charge is 0.271 e. The Kier molecular flexibility index (Phi) is 7.85. The Morgan fingerprint density at radius 1 is 1.00 bits per heavy atom. The maximum absolute atomic E-state index is 13.5. The average Bonchev–Trinajstić information content (AvgIpc) is 3.31. The molecule has 4 aromatic rings. The van der Waals surface area contributed by atoms with Gasteiger partial charge in [-0.25, -0.2) is 13.4 Å². The number of amides is 1. The van der Waals surface area contributed by atoms with Crippen LogP contribution in [0.4, 0.5) is 5.13 Å². The maximum Gasteiger partial charge on any atom is 0.271 e. The minimum absolute atomic E-state index is 0.155. The van der Waals surface area contributed by atoms with Gasteiger partial charge in [0.1, 0.15) is 5.75 Å². The highest BCUT2D eigenvalue weighted by molar-refractivity contribution is 7.92. The quantitative estimate of drug-likeness (QED) is 0.303. The molecule has 0 aliphatic carbocycles. The molecule has 0 radical (unpaired) electrons. The van der Waals surface area contributed by atoms with Crippen molar-refractivity contribution in [3.05, 3.63) is 71.8 Å². The Morgan fingerprint density at radius 3 is 2.21 bits per heavy atom. The Labute approximate surface area is 224 Å². The Morgan fingerprint density at radius 2 is 1.63 bits per heavy atom. The van der Waals surface area contributed by atoms with E-state index in [9.17, 15) is 13.2 Å². The lowest BCUT2D eigenvalue weighted by Gasteiger charge is -2.19. The van der Waals surface area contributed by atoms with E-state index >= 15 is 0 Å². The number of aromatic nitrogens is 1. The summed E-state index contributed by atoms with van der Waals surface area (Å²) in [5.41, 5.74) is 1.51. The number of ether oxygens (including phenoxy) is 3. The summed E-state index contributed by atoms with van der Waals surface area (Å²) in [5.74, 6) is 0.912. The SMILES string of the molecule is COc1cc2nc(NC(=O)C(Oc3ccc(C#N)cc3)c3ccc(S(=O)(=O)C(C)C)cc3)sc2cc1OC. The minimum atomic E-state index is -3.48. The van der Waals surface area contributed by atoms with Crippen LogP contribution < -0.4 is 19.5 Å². The summed E-state index contributed by atoms with van der Waals surface area (Å²) in [5, 5.41) is 11.6. The molecule has 1 amide bonds. The number of sulfone groups is 1. The number of benzene rings is 3. The molecule has 0 aliphatic heterocycles. The first-order valence-electron chi connectivity index (χ1n) is 11.5. The topological polar surface area (TPSA) is 128 Å². The summed E-state index contributed by atoms with van der Waals surface area (Å²) in [7, 11) is -0.415. The molecule has 38 heavy (non-hydrogen) atoms. The van der Waals surface area contributed by atoms with E-state index in [2.05, 4.69) is 10.3 Å².